The standard InChI is InChI=1S/C10H22N2/c1-5-8-10(11)12(7-3)9(4)6-2/h9,11H,5-8H2,1-4H3. The van der Waals surface area contributed by atoms with Gasteiger partial charge in [0.2, 0.25) is 0 Å². The number of rotatable bonds is 5. The van der Waals surface area contributed by atoms with Crippen LogP contribution in [0, 0.1) is 5.41 Å². The number of hydrogen-bond donors (Lipinski definition) is 1. The predicted octanol–water partition coefficient (Wildman–Crippen LogP) is 2.88. The largest absolute Gasteiger partial charge is 0.358 e. The topological polar surface area (TPSA) is 27.1 Å². The summed E-state index contributed by atoms with van der Waals surface area (Å²) >= 11 is 0. The van der Waals surface area contributed by atoms with Crippen molar-refractivity contribution >= 4 is 5.84 Å². The summed E-state index contributed by atoms with van der Waals surface area (Å²) in [5, 5.41) is 7.81. The van der Waals surface area contributed by atoms with Gasteiger partial charge < -0.3 is 4.90 Å². The van der Waals surface area contributed by atoms with Gasteiger partial charge in [-0.2, -0.15) is 0 Å². The maximum Gasteiger partial charge on any atom is 0.0959 e. The molecule has 1 unspecified atom stereocenters. The molecule has 0 aromatic rings. The van der Waals surface area contributed by atoms with Gasteiger partial charge >= 0.3 is 0 Å². The van der Waals surface area contributed by atoms with Crippen molar-refractivity contribution in [1.29, 1.82) is 5.41 Å². The summed E-state index contributed by atoms with van der Waals surface area (Å²) in [7, 11) is 0. The fraction of sp³-hybridized carbons (Fsp3) is 0.900. The van der Waals surface area contributed by atoms with Crippen LogP contribution >= 0.6 is 0 Å². The Labute approximate surface area is 76.5 Å². The molecule has 0 aromatic carbocycles. The quantitative estimate of drug-likeness (QED) is 0.498. The molecular formula is C10H22N2. The first-order valence-electron chi connectivity index (χ1n) is 5.01. The van der Waals surface area contributed by atoms with Crippen molar-refractivity contribution in [2.24, 2.45) is 0 Å². The molecule has 0 aliphatic heterocycles. The van der Waals surface area contributed by atoms with Crippen molar-refractivity contribution in [3.63, 3.8) is 0 Å². The summed E-state index contributed by atoms with van der Waals surface area (Å²) in [5.74, 6) is 0.800. The summed E-state index contributed by atoms with van der Waals surface area (Å²) in [6.07, 6.45) is 3.11. The molecule has 1 atom stereocenters. The molecule has 0 spiro atoms. The first-order chi connectivity index (χ1) is 5.67. The zero-order valence-electron chi connectivity index (χ0n) is 8.85. The molecule has 12 heavy (non-hydrogen) atoms. The van der Waals surface area contributed by atoms with Crippen LogP contribution in [0.1, 0.15) is 47.0 Å². The van der Waals surface area contributed by atoms with Crippen LogP contribution in [0.3, 0.4) is 0 Å². The minimum absolute atomic E-state index is 0.522. The lowest BCUT2D eigenvalue weighted by Crippen LogP contribution is -2.37. The second-order valence-electron chi connectivity index (χ2n) is 3.24. The second-order valence-corrected chi connectivity index (χ2v) is 3.24. The molecule has 0 rings (SSSR count). The van der Waals surface area contributed by atoms with Crippen molar-refractivity contribution < 1.29 is 0 Å². The molecule has 0 fully saturated rings. The molecule has 2 heteroatoms. The van der Waals surface area contributed by atoms with Crippen molar-refractivity contribution in [3.05, 3.63) is 0 Å². The summed E-state index contributed by atoms with van der Waals surface area (Å²) in [6, 6.07) is 0.522. The highest BCUT2D eigenvalue weighted by atomic mass is 15.2. The Morgan fingerprint density at radius 2 is 1.92 bits per heavy atom. The Hall–Kier alpha value is -0.530. The Kier molecular flexibility index (Phi) is 5.77. The third-order valence-electron chi connectivity index (χ3n) is 2.30. The number of amidine groups is 1. The molecule has 0 aromatic heterocycles. The van der Waals surface area contributed by atoms with Crippen LogP contribution in [-0.2, 0) is 0 Å². The first kappa shape index (κ1) is 11.5. The van der Waals surface area contributed by atoms with E-state index in [1.807, 2.05) is 0 Å². The maximum absolute atomic E-state index is 7.81. The van der Waals surface area contributed by atoms with Gasteiger partial charge in [0.25, 0.3) is 0 Å². The third-order valence-corrected chi connectivity index (χ3v) is 2.30. The highest BCUT2D eigenvalue weighted by molar-refractivity contribution is 5.79. The van der Waals surface area contributed by atoms with E-state index in [2.05, 4.69) is 32.6 Å². The predicted molar refractivity (Wildman–Crippen MR) is 54.8 cm³/mol. The Bertz CT molecular complexity index is 132. The molecule has 1 N–H and O–H groups in total. The van der Waals surface area contributed by atoms with E-state index in [0.29, 0.717) is 6.04 Å². The Morgan fingerprint density at radius 1 is 1.33 bits per heavy atom. The first-order valence-corrected chi connectivity index (χ1v) is 5.01. The molecule has 0 saturated heterocycles. The van der Waals surface area contributed by atoms with E-state index in [1.165, 1.54) is 0 Å². The molecule has 0 saturated carbocycles. The molecule has 0 amide bonds. The highest BCUT2D eigenvalue weighted by Crippen LogP contribution is 2.06. The van der Waals surface area contributed by atoms with Crippen LogP contribution in [0.5, 0.6) is 0 Å². The van der Waals surface area contributed by atoms with E-state index in [-0.39, 0.29) is 0 Å². The fourth-order valence-electron chi connectivity index (χ4n) is 1.37. The molecule has 0 aliphatic rings. The average molecular weight is 170 g/mol. The van der Waals surface area contributed by atoms with Gasteiger partial charge in [0.1, 0.15) is 0 Å². The lowest BCUT2D eigenvalue weighted by atomic mass is 10.2. The summed E-state index contributed by atoms with van der Waals surface area (Å²) in [4.78, 5) is 2.18. The van der Waals surface area contributed by atoms with Crippen molar-refractivity contribution in [2.45, 2.75) is 53.0 Å². The average Bonchev–Trinajstić information content (AvgIpc) is 2.06. The molecular weight excluding hydrogens is 148 g/mol. The third kappa shape index (κ3) is 3.24. The molecule has 2 nitrogen and oxygen atoms in total. The van der Waals surface area contributed by atoms with Gasteiger partial charge in [-0.25, -0.2) is 0 Å². The Balaban J connectivity index is 4.04. The zero-order valence-corrected chi connectivity index (χ0v) is 8.85. The van der Waals surface area contributed by atoms with Crippen molar-refractivity contribution in [2.75, 3.05) is 6.54 Å². The van der Waals surface area contributed by atoms with E-state index < -0.39 is 0 Å². The van der Waals surface area contributed by atoms with Gasteiger partial charge in [0, 0.05) is 19.0 Å². The Morgan fingerprint density at radius 3 is 2.25 bits per heavy atom. The zero-order chi connectivity index (χ0) is 9.56. The smallest absolute Gasteiger partial charge is 0.0959 e. The maximum atomic E-state index is 7.81. The number of hydrogen-bond acceptors (Lipinski definition) is 1. The van der Waals surface area contributed by atoms with E-state index in [1.54, 1.807) is 0 Å². The molecule has 0 heterocycles. The van der Waals surface area contributed by atoms with Gasteiger partial charge in [0.05, 0.1) is 5.84 Å². The van der Waals surface area contributed by atoms with Crippen LogP contribution in [0.4, 0.5) is 0 Å². The lowest BCUT2D eigenvalue weighted by molar-refractivity contribution is 0.328. The number of nitrogens with one attached hydrogen (secondary N) is 1. The van der Waals surface area contributed by atoms with Gasteiger partial charge in [-0.3, -0.25) is 5.41 Å². The monoisotopic (exact) mass is 170 g/mol. The molecule has 0 aliphatic carbocycles. The van der Waals surface area contributed by atoms with Crippen LogP contribution in [0.2, 0.25) is 0 Å². The summed E-state index contributed by atoms with van der Waals surface area (Å²) < 4.78 is 0. The summed E-state index contributed by atoms with van der Waals surface area (Å²) in [6.45, 7) is 9.57. The lowest BCUT2D eigenvalue weighted by Gasteiger charge is -2.29. The number of nitrogens with zero attached hydrogens (tertiary/aromatic N) is 1. The highest BCUT2D eigenvalue weighted by Gasteiger charge is 2.11. The van der Waals surface area contributed by atoms with Crippen LogP contribution in [-0.4, -0.2) is 23.3 Å². The molecule has 72 valence electrons. The van der Waals surface area contributed by atoms with E-state index in [4.69, 9.17) is 5.41 Å². The van der Waals surface area contributed by atoms with Crippen LogP contribution < -0.4 is 0 Å². The van der Waals surface area contributed by atoms with E-state index in [0.717, 1.165) is 31.6 Å². The molecule has 0 bridgehead atoms. The normalized spacial score (nSPS) is 12.7. The van der Waals surface area contributed by atoms with Gasteiger partial charge in [-0.15, -0.1) is 0 Å². The minimum atomic E-state index is 0.522. The van der Waals surface area contributed by atoms with E-state index >= 15 is 0 Å². The van der Waals surface area contributed by atoms with Gasteiger partial charge in [-0.1, -0.05) is 13.8 Å². The second kappa shape index (κ2) is 6.04. The van der Waals surface area contributed by atoms with Crippen molar-refractivity contribution in [3.8, 4) is 0 Å². The van der Waals surface area contributed by atoms with Crippen molar-refractivity contribution in [1.82, 2.24) is 4.90 Å². The molecule has 0 radical (unpaired) electrons. The fourth-order valence-corrected chi connectivity index (χ4v) is 1.37. The van der Waals surface area contributed by atoms with Gasteiger partial charge in [0.15, 0.2) is 0 Å². The van der Waals surface area contributed by atoms with Crippen LogP contribution in [0.25, 0.3) is 0 Å². The summed E-state index contributed by atoms with van der Waals surface area (Å²) in [5.41, 5.74) is 0. The SMILES string of the molecule is CCCC(=N)N(CC)C(C)CC. The van der Waals surface area contributed by atoms with Gasteiger partial charge in [-0.05, 0) is 26.7 Å². The minimum Gasteiger partial charge on any atom is -0.358 e. The van der Waals surface area contributed by atoms with E-state index in [9.17, 15) is 0 Å². The van der Waals surface area contributed by atoms with Crippen LogP contribution in [0.15, 0.2) is 0 Å².